The summed E-state index contributed by atoms with van der Waals surface area (Å²) in [4.78, 5) is 21.1. The van der Waals surface area contributed by atoms with Crippen LogP contribution in [0.2, 0.25) is 0 Å². The number of ether oxygens (including phenoxy) is 1. The molecule has 0 aliphatic rings. The zero-order valence-electron chi connectivity index (χ0n) is 9.01. The third kappa shape index (κ3) is 4.39. The van der Waals surface area contributed by atoms with E-state index in [1.54, 1.807) is 0 Å². The third-order valence-corrected chi connectivity index (χ3v) is 2.85. The number of nitrogens with zero attached hydrogens (tertiary/aromatic N) is 1. The van der Waals surface area contributed by atoms with Crippen molar-refractivity contribution in [2.45, 2.75) is 11.3 Å². The number of methoxy groups -OCH3 is 1. The Kier molecular flexibility index (Phi) is 4.89. The molecule has 0 aliphatic carbocycles. The highest BCUT2D eigenvalue weighted by Crippen LogP contribution is 2.25. The van der Waals surface area contributed by atoms with Gasteiger partial charge in [0.15, 0.2) is 0 Å². The first kappa shape index (κ1) is 13.4. The molecule has 0 amide bonds. The van der Waals surface area contributed by atoms with Gasteiger partial charge in [0.2, 0.25) is 0 Å². The third-order valence-electron chi connectivity index (χ3n) is 1.87. The highest BCUT2D eigenvalue weighted by Gasteiger charge is 2.10. The smallest absolute Gasteiger partial charge is 0.306 e. The molecular weight excluding hydrogens is 249 g/mol. The van der Waals surface area contributed by atoms with Gasteiger partial charge in [-0.15, -0.1) is 11.8 Å². The molecule has 0 heterocycles. The van der Waals surface area contributed by atoms with Gasteiger partial charge in [-0.25, -0.2) is 4.39 Å². The molecule has 0 aliphatic heterocycles. The van der Waals surface area contributed by atoms with Crippen LogP contribution in [0.25, 0.3) is 0 Å². The number of nitro benzene ring substituents is 1. The van der Waals surface area contributed by atoms with E-state index in [1.165, 1.54) is 19.2 Å². The van der Waals surface area contributed by atoms with E-state index in [2.05, 4.69) is 4.74 Å². The fraction of sp³-hybridized carbons (Fsp3) is 0.300. The molecule has 17 heavy (non-hydrogen) atoms. The molecule has 0 spiro atoms. The van der Waals surface area contributed by atoms with Crippen molar-refractivity contribution in [3.05, 3.63) is 34.1 Å². The fourth-order valence-electron chi connectivity index (χ4n) is 1.09. The second-order valence-corrected chi connectivity index (χ2v) is 4.25. The first-order valence-electron chi connectivity index (χ1n) is 4.67. The van der Waals surface area contributed by atoms with Crippen molar-refractivity contribution >= 4 is 23.4 Å². The van der Waals surface area contributed by atoms with Crippen molar-refractivity contribution < 1.29 is 18.8 Å². The summed E-state index contributed by atoms with van der Waals surface area (Å²) in [5.74, 6) is -0.657. The van der Waals surface area contributed by atoms with Gasteiger partial charge in [-0.3, -0.25) is 14.9 Å². The van der Waals surface area contributed by atoms with Crippen LogP contribution >= 0.6 is 11.8 Å². The van der Waals surface area contributed by atoms with Gasteiger partial charge in [0, 0.05) is 16.7 Å². The van der Waals surface area contributed by atoms with Crippen molar-refractivity contribution in [1.82, 2.24) is 0 Å². The quantitative estimate of drug-likeness (QED) is 0.351. The Morgan fingerprint density at radius 2 is 2.24 bits per heavy atom. The van der Waals surface area contributed by atoms with Crippen LogP contribution in [0.3, 0.4) is 0 Å². The van der Waals surface area contributed by atoms with Crippen LogP contribution in [0.4, 0.5) is 10.1 Å². The van der Waals surface area contributed by atoms with Crippen LogP contribution in [0, 0.1) is 15.9 Å². The van der Waals surface area contributed by atoms with Gasteiger partial charge in [-0.2, -0.15) is 0 Å². The SMILES string of the molecule is COC(=O)CCSc1cc(F)cc([N+](=O)[O-])c1. The Labute approximate surface area is 101 Å². The number of esters is 1. The molecule has 1 rings (SSSR count). The average molecular weight is 259 g/mol. The first-order chi connectivity index (χ1) is 8.02. The molecule has 7 heteroatoms. The summed E-state index contributed by atoms with van der Waals surface area (Å²) >= 11 is 1.16. The normalized spacial score (nSPS) is 10.0. The largest absolute Gasteiger partial charge is 0.469 e. The molecule has 0 saturated carbocycles. The highest BCUT2D eigenvalue weighted by atomic mass is 32.2. The van der Waals surface area contributed by atoms with Crippen LogP contribution in [0.1, 0.15) is 6.42 Å². The summed E-state index contributed by atoms with van der Waals surface area (Å²) in [6.07, 6.45) is 0.172. The number of nitro groups is 1. The number of non-ortho nitro benzene ring substituents is 1. The minimum atomic E-state index is -0.667. The second kappa shape index (κ2) is 6.19. The number of hydrogen-bond acceptors (Lipinski definition) is 5. The van der Waals surface area contributed by atoms with Crippen LogP contribution in [0.15, 0.2) is 23.1 Å². The molecule has 1 aromatic carbocycles. The van der Waals surface area contributed by atoms with Gasteiger partial charge >= 0.3 is 5.97 Å². The van der Waals surface area contributed by atoms with Crippen molar-refractivity contribution in [3.8, 4) is 0 Å². The molecule has 0 atom stereocenters. The zero-order chi connectivity index (χ0) is 12.8. The number of benzene rings is 1. The summed E-state index contributed by atoms with van der Waals surface area (Å²) in [7, 11) is 1.28. The van der Waals surface area contributed by atoms with E-state index in [0.29, 0.717) is 10.6 Å². The van der Waals surface area contributed by atoms with E-state index < -0.39 is 10.7 Å². The van der Waals surface area contributed by atoms with E-state index >= 15 is 0 Å². The number of thioether (sulfide) groups is 1. The van der Waals surface area contributed by atoms with E-state index in [4.69, 9.17) is 0 Å². The standard InChI is InChI=1S/C10H10FNO4S/c1-16-10(13)2-3-17-9-5-7(11)4-8(6-9)12(14)15/h4-6H,2-3H2,1H3. The molecule has 0 fully saturated rings. The Balaban J connectivity index is 2.65. The van der Waals surface area contributed by atoms with Crippen LogP contribution in [-0.4, -0.2) is 23.8 Å². The van der Waals surface area contributed by atoms with E-state index in [9.17, 15) is 19.3 Å². The van der Waals surface area contributed by atoms with Crippen molar-refractivity contribution in [3.63, 3.8) is 0 Å². The summed E-state index contributed by atoms with van der Waals surface area (Å²) in [6.45, 7) is 0. The lowest BCUT2D eigenvalue weighted by molar-refractivity contribution is -0.385. The second-order valence-electron chi connectivity index (χ2n) is 3.08. The minimum Gasteiger partial charge on any atom is -0.469 e. The van der Waals surface area contributed by atoms with E-state index in [1.807, 2.05) is 0 Å². The van der Waals surface area contributed by atoms with Gasteiger partial charge in [0.1, 0.15) is 5.82 Å². The highest BCUT2D eigenvalue weighted by molar-refractivity contribution is 7.99. The number of hydrogen-bond donors (Lipinski definition) is 0. The lowest BCUT2D eigenvalue weighted by Crippen LogP contribution is -2.01. The molecular formula is C10H10FNO4S. The van der Waals surface area contributed by atoms with Crippen LogP contribution in [0.5, 0.6) is 0 Å². The van der Waals surface area contributed by atoms with Gasteiger partial charge in [0.05, 0.1) is 24.5 Å². The Morgan fingerprint density at radius 1 is 1.53 bits per heavy atom. The average Bonchev–Trinajstić information content (AvgIpc) is 2.28. The molecule has 0 aromatic heterocycles. The monoisotopic (exact) mass is 259 g/mol. The predicted molar refractivity (Wildman–Crippen MR) is 60.4 cm³/mol. The lowest BCUT2D eigenvalue weighted by atomic mass is 10.3. The predicted octanol–water partition coefficient (Wildman–Crippen LogP) is 2.39. The molecule has 0 unspecified atom stereocenters. The van der Waals surface area contributed by atoms with Crippen molar-refractivity contribution in [1.29, 1.82) is 0 Å². The first-order valence-corrected chi connectivity index (χ1v) is 5.66. The maximum Gasteiger partial charge on any atom is 0.306 e. The maximum atomic E-state index is 13.0. The van der Waals surface area contributed by atoms with Crippen molar-refractivity contribution in [2.24, 2.45) is 0 Å². The number of carbonyl (C=O) groups excluding carboxylic acids is 1. The van der Waals surface area contributed by atoms with Crippen LogP contribution in [-0.2, 0) is 9.53 Å². The minimum absolute atomic E-state index is 0.172. The molecule has 0 N–H and O–H groups in total. The van der Waals surface area contributed by atoms with Crippen molar-refractivity contribution in [2.75, 3.05) is 12.9 Å². The summed E-state index contributed by atoms with van der Waals surface area (Å²) in [6, 6.07) is 3.31. The summed E-state index contributed by atoms with van der Waals surface area (Å²) in [5, 5.41) is 10.5. The van der Waals surface area contributed by atoms with Gasteiger partial charge < -0.3 is 4.74 Å². The van der Waals surface area contributed by atoms with Crippen LogP contribution < -0.4 is 0 Å². The molecule has 0 saturated heterocycles. The Morgan fingerprint density at radius 3 is 2.82 bits per heavy atom. The van der Waals surface area contributed by atoms with E-state index in [-0.39, 0.29) is 18.1 Å². The molecule has 0 radical (unpaired) electrons. The molecule has 5 nitrogen and oxygen atoms in total. The lowest BCUT2D eigenvalue weighted by Gasteiger charge is -2.01. The Bertz CT molecular complexity index is 438. The molecule has 92 valence electrons. The van der Waals surface area contributed by atoms with Gasteiger partial charge in [-0.05, 0) is 6.07 Å². The molecule has 1 aromatic rings. The van der Waals surface area contributed by atoms with Gasteiger partial charge in [-0.1, -0.05) is 0 Å². The number of rotatable bonds is 5. The summed E-state index contributed by atoms with van der Waals surface area (Å²) in [5.41, 5.74) is -0.300. The Hall–Kier alpha value is -1.63. The van der Waals surface area contributed by atoms with Gasteiger partial charge in [0.25, 0.3) is 5.69 Å². The number of halogens is 1. The molecule has 0 bridgehead atoms. The number of carbonyl (C=O) groups is 1. The summed E-state index contributed by atoms with van der Waals surface area (Å²) < 4.78 is 17.5. The zero-order valence-corrected chi connectivity index (χ0v) is 9.83. The topological polar surface area (TPSA) is 69.4 Å². The van der Waals surface area contributed by atoms with E-state index in [0.717, 1.165) is 17.8 Å². The fourth-order valence-corrected chi connectivity index (χ4v) is 2.00. The maximum absolute atomic E-state index is 13.0.